The number of aliphatic carboxylic acids is 1. The molecule has 0 bridgehead atoms. The SMILES string of the molecule is CSCC[C@@H](NCc1ccc2c(c1)OCCO2)C(=O)O. The van der Waals surface area contributed by atoms with Gasteiger partial charge in [0.25, 0.3) is 0 Å². The normalized spacial score (nSPS) is 14.8. The van der Waals surface area contributed by atoms with Gasteiger partial charge in [-0.05, 0) is 36.1 Å². The third kappa shape index (κ3) is 4.05. The first-order chi connectivity index (χ1) is 9.70. The van der Waals surface area contributed by atoms with Crippen molar-refractivity contribution in [1.82, 2.24) is 5.32 Å². The molecule has 0 saturated carbocycles. The lowest BCUT2D eigenvalue weighted by Crippen LogP contribution is -2.36. The van der Waals surface area contributed by atoms with E-state index in [1.165, 1.54) is 0 Å². The van der Waals surface area contributed by atoms with Crippen LogP contribution in [0.4, 0.5) is 0 Å². The second kappa shape index (κ2) is 7.40. The molecule has 1 aliphatic heterocycles. The Morgan fingerprint density at radius 1 is 1.40 bits per heavy atom. The van der Waals surface area contributed by atoms with Gasteiger partial charge in [0.1, 0.15) is 19.3 Å². The molecule has 0 amide bonds. The highest BCUT2D eigenvalue weighted by Gasteiger charge is 2.17. The van der Waals surface area contributed by atoms with Crippen LogP contribution in [0.25, 0.3) is 0 Å². The van der Waals surface area contributed by atoms with Crippen molar-refractivity contribution in [2.45, 2.75) is 19.0 Å². The van der Waals surface area contributed by atoms with Gasteiger partial charge in [0.15, 0.2) is 11.5 Å². The van der Waals surface area contributed by atoms with E-state index in [2.05, 4.69) is 5.32 Å². The molecule has 0 fully saturated rings. The maximum absolute atomic E-state index is 11.1. The minimum absolute atomic E-state index is 0.502. The quantitative estimate of drug-likeness (QED) is 0.799. The first-order valence-electron chi connectivity index (χ1n) is 6.54. The number of hydrogen-bond acceptors (Lipinski definition) is 5. The molecule has 2 N–H and O–H groups in total. The van der Waals surface area contributed by atoms with E-state index >= 15 is 0 Å². The number of nitrogens with one attached hydrogen (secondary N) is 1. The molecule has 0 aliphatic carbocycles. The number of hydrogen-bond donors (Lipinski definition) is 2. The first kappa shape index (κ1) is 15.0. The van der Waals surface area contributed by atoms with Crippen LogP contribution in [0.5, 0.6) is 11.5 Å². The Labute approximate surface area is 122 Å². The molecule has 6 heteroatoms. The van der Waals surface area contributed by atoms with Gasteiger partial charge in [-0.1, -0.05) is 6.07 Å². The van der Waals surface area contributed by atoms with Crippen molar-refractivity contribution >= 4 is 17.7 Å². The standard InChI is InChI=1S/C14H19NO4S/c1-20-7-4-11(14(16)17)15-9-10-2-3-12-13(8-10)19-6-5-18-12/h2-3,8,11,15H,4-7,9H2,1H3,(H,16,17)/t11-/m1/s1. The maximum Gasteiger partial charge on any atom is 0.320 e. The number of ether oxygens (including phenoxy) is 2. The van der Waals surface area contributed by atoms with Crippen LogP contribution in [0.15, 0.2) is 18.2 Å². The summed E-state index contributed by atoms with van der Waals surface area (Å²) < 4.78 is 11.0. The molecule has 0 aromatic heterocycles. The van der Waals surface area contributed by atoms with E-state index in [0.29, 0.717) is 26.2 Å². The van der Waals surface area contributed by atoms with Crippen LogP contribution in [-0.2, 0) is 11.3 Å². The molecule has 110 valence electrons. The van der Waals surface area contributed by atoms with Gasteiger partial charge >= 0.3 is 5.97 Å². The molecule has 1 atom stereocenters. The molecule has 1 aliphatic rings. The minimum atomic E-state index is -0.809. The summed E-state index contributed by atoms with van der Waals surface area (Å²) in [4.78, 5) is 11.1. The molecule has 20 heavy (non-hydrogen) atoms. The van der Waals surface area contributed by atoms with Gasteiger partial charge in [0.05, 0.1) is 0 Å². The predicted octanol–water partition coefficient (Wildman–Crippen LogP) is 1.75. The van der Waals surface area contributed by atoms with Crippen molar-refractivity contribution in [1.29, 1.82) is 0 Å². The molecule has 1 heterocycles. The van der Waals surface area contributed by atoms with Gasteiger partial charge in [-0.15, -0.1) is 0 Å². The molecule has 5 nitrogen and oxygen atoms in total. The summed E-state index contributed by atoms with van der Waals surface area (Å²) in [6, 6.07) is 5.17. The van der Waals surface area contributed by atoms with Gasteiger partial charge in [0.2, 0.25) is 0 Å². The molecule has 1 aromatic rings. The van der Waals surface area contributed by atoms with Crippen molar-refractivity contribution in [2.75, 3.05) is 25.2 Å². The fraction of sp³-hybridized carbons (Fsp3) is 0.500. The zero-order chi connectivity index (χ0) is 14.4. The molecule has 0 saturated heterocycles. The average Bonchev–Trinajstić information content (AvgIpc) is 2.46. The van der Waals surface area contributed by atoms with Gasteiger partial charge in [-0.25, -0.2) is 0 Å². The zero-order valence-corrected chi connectivity index (χ0v) is 12.2. The second-order valence-electron chi connectivity index (χ2n) is 4.53. The summed E-state index contributed by atoms with van der Waals surface area (Å²) in [6.07, 6.45) is 2.58. The lowest BCUT2D eigenvalue weighted by atomic mass is 10.1. The third-order valence-corrected chi connectivity index (χ3v) is 3.71. The number of carbonyl (C=O) groups is 1. The highest BCUT2D eigenvalue weighted by Crippen LogP contribution is 2.30. The van der Waals surface area contributed by atoms with E-state index in [4.69, 9.17) is 14.6 Å². The molecule has 0 spiro atoms. The smallest absolute Gasteiger partial charge is 0.320 e. The van der Waals surface area contributed by atoms with Crippen molar-refractivity contribution in [3.05, 3.63) is 23.8 Å². The molecular formula is C14H19NO4S. The summed E-state index contributed by atoms with van der Waals surface area (Å²) in [7, 11) is 0. The van der Waals surface area contributed by atoms with Crippen molar-refractivity contribution in [3.8, 4) is 11.5 Å². The number of benzene rings is 1. The second-order valence-corrected chi connectivity index (χ2v) is 5.52. The van der Waals surface area contributed by atoms with Gasteiger partial charge in [0, 0.05) is 6.54 Å². The Morgan fingerprint density at radius 3 is 2.85 bits per heavy atom. The number of rotatable bonds is 7. The number of carboxylic acids is 1. The Balaban J connectivity index is 1.93. The van der Waals surface area contributed by atoms with Gasteiger partial charge in [-0.3, -0.25) is 4.79 Å². The number of thioether (sulfide) groups is 1. The van der Waals surface area contributed by atoms with Crippen molar-refractivity contribution in [3.63, 3.8) is 0 Å². The molecule has 2 rings (SSSR count). The fourth-order valence-electron chi connectivity index (χ4n) is 1.99. The van der Waals surface area contributed by atoms with E-state index in [1.807, 2.05) is 24.5 Å². The van der Waals surface area contributed by atoms with Crippen LogP contribution in [0, 0.1) is 0 Å². The van der Waals surface area contributed by atoms with E-state index in [0.717, 1.165) is 22.8 Å². The van der Waals surface area contributed by atoms with E-state index in [1.54, 1.807) is 11.8 Å². The van der Waals surface area contributed by atoms with Crippen LogP contribution >= 0.6 is 11.8 Å². The lowest BCUT2D eigenvalue weighted by molar-refractivity contribution is -0.139. The number of carboxylic acid groups (broad SMARTS) is 1. The molecular weight excluding hydrogens is 278 g/mol. The van der Waals surface area contributed by atoms with Crippen LogP contribution in [0.3, 0.4) is 0 Å². The predicted molar refractivity (Wildman–Crippen MR) is 78.7 cm³/mol. The summed E-state index contributed by atoms with van der Waals surface area (Å²) >= 11 is 1.65. The zero-order valence-electron chi connectivity index (χ0n) is 11.4. The largest absolute Gasteiger partial charge is 0.486 e. The minimum Gasteiger partial charge on any atom is -0.486 e. The van der Waals surface area contributed by atoms with Crippen molar-refractivity contribution in [2.24, 2.45) is 0 Å². The monoisotopic (exact) mass is 297 g/mol. The lowest BCUT2D eigenvalue weighted by Gasteiger charge is -2.19. The van der Waals surface area contributed by atoms with Gasteiger partial charge in [-0.2, -0.15) is 11.8 Å². The molecule has 0 radical (unpaired) electrons. The highest BCUT2D eigenvalue weighted by atomic mass is 32.2. The highest BCUT2D eigenvalue weighted by molar-refractivity contribution is 7.98. The van der Waals surface area contributed by atoms with Crippen LogP contribution in [-0.4, -0.2) is 42.3 Å². The Morgan fingerprint density at radius 2 is 2.15 bits per heavy atom. The summed E-state index contributed by atoms with van der Waals surface area (Å²) in [5.41, 5.74) is 0.990. The van der Waals surface area contributed by atoms with Crippen molar-refractivity contribution < 1.29 is 19.4 Å². The van der Waals surface area contributed by atoms with Crippen LogP contribution in [0.1, 0.15) is 12.0 Å². The van der Waals surface area contributed by atoms with E-state index in [-0.39, 0.29) is 0 Å². The first-order valence-corrected chi connectivity index (χ1v) is 7.93. The van der Waals surface area contributed by atoms with E-state index < -0.39 is 12.0 Å². The summed E-state index contributed by atoms with van der Waals surface area (Å²) in [5.74, 6) is 1.49. The van der Waals surface area contributed by atoms with Crippen LogP contribution < -0.4 is 14.8 Å². The summed E-state index contributed by atoms with van der Waals surface area (Å²) in [5, 5.41) is 12.2. The van der Waals surface area contributed by atoms with Crippen LogP contribution in [0.2, 0.25) is 0 Å². The molecule has 0 unspecified atom stereocenters. The Hall–Kier alpha value is -1.40. The topological polar surface area (TPSA) is 67.8 Å². The van der Waals surface area contributed by atoms with Gasteiger partial charge < -0.3 is 19.9 Å². The fourth-order valence-corrected chi connectivity index (χ4v) is 2.46. The summed E-state index contributed by atoms with van der Waals surface area (Å²) in [6.45, 7) is 1.62. The maximum atomic E-state index is 11.1. The number of fused-ring (bicyclic) bond motifs is 1. The van der Waals surface area contributed by atoms with E-state index in [9.17, 15) is 4.79 Å². The molecule has 1 aromatic carbocycles. The Bertz CT molecular complexity index is 466. The third-order valence-electron chi connectivity index (χ3n) is 3.07. The average molecular weight is 297 g/mol. The Kier molecular flexibility index (Phi) is 5.55.